The highest BCUT2D eigenvalue weighted by molar-refractivity contribution is 5.84. The number of hydrogen-bond acceptors (Lipinski definition) is 5. The van der Waals surface area contributed by atoms with Crippen LogP contribution in [0, 0.1) is 0 Å². The number of rotatable bonds is 6. The number of aliphatic hydroxyl groups excluding tert-OH is 1. The van der Waals surface area contributed by atoms with Gasteiger partial charge < -0.3 is 15.5 Å². The lowest BCUT2D eigenvalue weighted by Crippen LogP contribution is -2.27. The highest BCUT2D eigenvalue weighted by Crippen LogP contribution is 2.08. The van der Waals surface area contributed by atoms with Gasteiger partial charge in [0.05, 0.1) is 25.0 Å². The van der Waals surface area contributed by atoms with Crippen molar-refractivity contribution in [3.05, 3.63) is 54.0 Å². The third-order valence-electron chi connectivity index (χ3n) is 2.77. The first-order valence-electron chi connectivity index (χ1n) is 6.15. The molecule has 2 aromatic rings. The molecule has 0 bridgehead atoms. The number of anilines is 1. The largest absolute Gasteiger partial charge is 0.476 e. The molecule has 0 saturated heterocycles. The van der Waals surface area contributed by atoms with E-state index in [0.29, 0.717) is 12.2 Å². The standard InChI is InChI=1S/C14H15N3O3/c18-9-11(6-10-4-2-1-3-5-10)17-13-8-15-12(7-16-13)14(19)20/h1-5,7-8,11,18H,6,9H2,(H,16,17)(H,19,20). The molecule has 1 heterocycles. The van der Waals surface area contributed by atoms with Crippen molar-refractivity contribution in [1.29, 1.82) is 0 Å². The Bertz CT molecular complexity index is 558. The molecule has 0 aliphatic carbocycles. The van der Waals surface area contributed by atoms with Gasteiger partial charge in [-0.1, -0.05) is 30.3 Å². The molecule has 6 nitrogen and oxygen atoms in total. The lowest BCUT2D eigenvalue weighted by molar-refractivity contribution is 0.0690. The summed E-state index contributed by atoms with van der Waals surface area (Å²) in [7, 11) is 0. The summed E-state index contributed by atoms with van der Waals surface area (Å²) >= 11 is 0. The van der Waals surface area contributed by atoms with E-state index in [-0.39, 0.29) is 18.3 Å². The van der Waals surface area contributed by atoms with Crippen molar-refractivity contribution in [2.24, 2.45) is 0 Å². The van der Waals surface area contributed by atoms with E-state index >= 15 is 0 Å². The van der Waals surface area contributed by atoms with E-state index in [1.165, 1.54) is 12.4 Å². The maximum absolute atomic E-state index is 10.7. The molecule has 1 unspecified atom stereocenters. The van der Waals surface area contributed by atoms with Gasteiger partial charge in [-0.3, -0.25) is 0 Å². The fourth-order valence-corrected chi connectivity index (χ4v) is 1.78. The first-order chi connectivity index (χ1) is 9.69. The number of nitrogens with zero attached hydrogens (tertiary/aromatic N) is 2. The molecule has 0 aliphatic rings. The molecule has 6 heteroatoms. The number of carboxylic acids is 1. The predicted octanol–water partition coefficient (Wildman–Crippen LogP) is 1.19. The zero-order chi connectivity index (χ0) is 14.4. The maximum Gasteiger partial charge on any atom is 0.356 e. The van der Waals surface area contributed by atoms with Gasteiger partial charge in [0.1, 0.15) is 5.82 Å². The van der Waals surface area contributed by atoms with Crippen LogP contribution in [-0.2, 0) is 6.42 Å². The maximum atomic E-state index is 10.7. The number of aliphatic hydroxyl groups is 1. The van der Waals surface area contributed by atoms with E-state index in [9.17, 15) is 9.90 Å². The SMILES string of the molecule is O=C(O)c1cnc(NC(CO)Cc2ccccc2)cn1. The number of benzene rings is 1. The Balaban J connectivity index is 2.01. The first-order valence-corrected chi connectivity index (χ1v) is 6.15. The zero-order valence-electron chi connectivity index (χ0n) is 10.7. The summed E-state index contributed by atoms with van der Waals surface area (Å²) in [5.74, 6) is -0.683. The molecule has 0 saturated carbocycles. The summed E-state index contributed by atoms with van der Waals surface area (Å²) in [6.45, 7) is -0.0583. The highest BCUT2D eigenvalue weighted by atomic mass is 16.4. The van der Waals surface area contributed by atoms with Gasteiger partial charge in [-0.25, -0.2) is 14.8 Å². The molecule has 2 rings (SSSR count). The predicted molar refractivity (Wildman–Crippen MR) is 73.6 cm³/mol. The monoisotopic (exact) mass is 273 g/mol. The molecular weight excluding hydrogens is 258 g/mol. The molecule has 0 amide bonds. The van der Waals surface area contributed by atoms with E-state index in [2.05, 4.69) is 15.3 Å². The summed E-state index contributed by atoms with van der Waals surface area (Å²) in [6.07, 6.45) is 3.17. The Labute approximate surface area is 116 Å². The zero-order valence-corrected chi connectivity index (χ0v) is 10.7. The van der Waals surface area contributed by atoms with E-state index in [4.69, 9.17) is 5.11 Å². The number of hydrogen-bond donors (Lipinski definition) is 3. The molecule has 1 aromatic heterocycles. The van der Waals surface area contributed by atoms with E-state index in [0.717, 1.165) is 5.56 Å². The Morgan fingerprint density at radius 1 is 1.20 bits per heavy atom. The van der Waals surface area contributed by atoms with Crippen molar-refractivity contribution in [2.75, 3.05) is 11.9 Å². The molecule has 0 spiro atoms. The van der Waals surface area contributed by atoms with Crippen molar-refractivity contribution in [2.45, 2.75) is 12.5 Å². The minimum Gasteiger partial charge on any atom is -0.476 e. The lowest BCUT2D eigenvalue weighted by Gasteiger charge is -2.16. The molecule has 1 atom stereocenters. The number of carbonyl (C=O) groups is 1. The second kappa shape index (κ2) is 6.63. The van der Waals surface area contributed by atoms with Crippen LogP contribution in [0.15, 0.2) is 42.7 Å². The fraction of sp³-hybridized carbons (Fsp3) is 0.214. The second-order valence-electron chi connectivity index (χ2n) is 4.31. The molecule has 1 aromatic carbocycles. The summed E-state index contributed by atoms with van der Waals surface area (Å²) in [5, 5.41) is 21.1. The van der Waals surface area contributed by atoms with Gasteiger partial charge in [0, 0.05) is 0 Å². The van der Waals surface area contributed by atoms with Crippen LogP contribution >= 0.6 is 0 Å². The molecule has 0 radical (unpaired) electrons. The van der Waals surface area contributed by atoms with Crippen LogP contribution in [0.3, 0.4) is 0 Å². The lowest BCUT2D eigenvalue weighted by atomic mass is 10.1. The van der Waals surface area contributed by atoms with Crippen molar-refractivity contribution in [3.8, 4) is 0 Å². The average molecular weight is 273 g/mol. The van der Waals surface area contributed by atoms with E-state index in [1.54, 1.807) is 0 Å². The van der Waals surface area contributed by atoms with Crippen molar-refractivity contribution < 1.29 is 15.0 Å². The van der Waals surface area contributed by atoms with Gasteiger partial charge in [0.15, 0.2) is 5.69 Å². The van der Waals surface area contributed by atoms with Gasteiger partial charge >= 0.3 is 5.97 Å². The van der Waals surface area contributed by atoms with Gasteiger partial charge in [0.2, 0.25) is 0 Å². The van der Waals surface area contributed by atoms with Crippen molar-refractivity contribution in [1.82, 2.24) is 9.97 Å². The quantitative estimate of drug-likeness (QED) is 0.731. The first kappa shape index (κ1) is 14.0. The minimum absolute atomic E-state index is 0.0583. The van der Waals surface area contributed by atoms with Gasteiger partial charge in [0.25, 0.3) is 0 Å². The van der Waals surface area contributed by atoms with Crippen LogP contribution in [0.5, 0.6) is 0 Å². The van der Waals surface area contributed by atoms with Crippen LogP contribution in [0.1, 0.15) is 16.1 Å². The summed E-state index contributed by atoms with van der Waals surface area (Å²) in [5.41, 5.74) is 0.980. The highest BCUT2D eigenvalue weighted by Gasteiger charge is 2.10. The van der Waals surface area contributed by atoms with Crippen LogP contribution in [0.2, 0.25) is 0 Å². The fourth-order valence-electron chi connectivity index (χ4n) is 1.78. The Morgan fingerprint density at radius 2 is 1.95 bits per heavy atom. The Morgan fingerprint density at radius 3 is 2.50 bits per heavy atom. The minimum atomic E-state index is -1.12. The second-order valence-corrected chi connectivity index (χ2v) is 4.31. The van der Waals surface area contributed by atoms with Crippen molar-refractivity contribution >= 4 is 11.8 Å². The smallest absolute Gasteiger partial charge is 0.356 e. The molecule has 0 aliphatic heterocycles. The molecular formula is C14H15N3O3. The molecule has 3 N–H and O–H groups in total. The number of aromatic nitrogens is 2. The van der Waals surface area contributed by atoms with E-state index < -0.39 is 5.97 Å². The Hall–Kier alpha value is -2.47. The number of aromatic carboxylic acids is 1. The van der Waals surface area contributed by atoms with Crippen LogP contribution in [-0.4, -0.2) is 38.8 Å². The number of carboxylic acid groups (broad SMARTS) is 1. The van der Waals surface area contributed by atoms with Gasteiger partial charge in [-0.15, -0.1) is 0 Å². The summed E-state index contributed by atoms with van der Waals surface area (Å²) < 4.78 is 0. The summed E-state index contributed by atoms with van der Waals surface area (Å²) in [6, 6.07) is 9.55. The third-order valence-corrected chi connectivity index (χ3v) is 2.77. The van der Waals surface area contributed by atoms with Crippen LogP contribution in [0.4, 0.5) is 5.82 Å². The molecule has 20 heavy (non-hydrogen) atoms. The van der Waals surface area contributed by atoms with E-state index in [1.807, 2.05) is 30.3 Å². The van der Waals surface area contributed by atoms with Crippen molar-refractivity contribution in [3.63, 3.8) is 0 Å². The average Bonchev–Trinajstić information content (AvgIpc) is 2.48. The normalized spacial score (nSPS) is 11.8. The van der Waals surface area contributed by atoms with Gasteiger partial charge in [-0.05, 0) is 12.0 Å². The van der Waals surface area contributed by atoms with Crippen LogP contribution < -0.4 is 5.32 Å². The van der Waals surface area contributed by atoms with Gasteiger partial charge in [-0.2, -0.15) is 0 Å². The topological polar surface area (TPSA) is 95.3 Å². The number of nitrogens with one attached hydrogen (secondary N) is 1. The molecule has 0 fully saturated rings. The Kier molecular flexibility index (Phi) is 4.62. The van der Waals surface area contributed by atoms with Crippen LogP contribution in [0.25, 0.3) is 0 Å². The summed E-state index contributed by atoms with van der Waals surface area (Å²) in [4.78, 5) is 18.4. The third kappa shape index (κ3) is 3.76. The molecule has 104 valence electrons.